The molecule has 1 rings (SSSR count). The second kappa shape index (κ2) is 8.86. The van der Waals surface area contributed by atoms with E-state index in [0.29, 0.717) is 19.0 Å². The van der Waals surface area contributed by atoms with Crippen molar-refractivity contribution >= 4 is 21.7 Å². The molecule has 8 heteroatoms. The molecule has 1 saturated heterocycles. The van der Waals surface area contributed by atoms with Gasteiger partial charge in [-0.05, 0) is 19.8 Å². The normalized spacial score (nSPS) is 16.1. The summed E-state index contributed by atoms with van der Waals surface area (Å²) in [4.78, 5) is 17.9. The summed E-state index contributed by atoms with van der Waals surface area (Å²) >= 11 is 0. The van der Waals surface area contributed by atoms with Crippen LogP contribution in [0.1, 0.15) is 26.7 Å². The summed E-state index contributed by atoms with van der Waals surface area (Å²) in [5.74, 6) is 0.700. The third kappa shape index (κ3) is 6.79. The lowest BCUT2D eigenvalue weighted by molar-refractivity contribution is -0.128. The number of nitrogens with one attached hydrogen (secondary N) is 2. The van der Waals surface area contributed by atoms with Crippen LogP contribution in [0.25, 0.3) is 0 Å². The largest absolute Gasteiger partial charge is 0.357 e. The summed E-state index contributed by atoms with van der Waals surface area (Å²) in [5.41, 5.74) is 0. The van der Waals surface area contributed by atoms with Crippen molar-refractivity contribution in [3.8, 4) is 0 Å². The molecular formula is C13H26N4O3S. The molecule has 0 aromatic rings. The Morgan fingerprint density at radius 2 is 1.86 bits per heavy atom. The van der Waals surface area contributed by atoms with Crippen LogP contribution in [-0.2, 0) is 14.6 Å². The summed E-state index contributed by atoms with van der Waals surface area (Å²) in [6.45, 7) is 6.21. The van der Waals surface area contributed by atoms with E-state index in [0.717, 1.165) is 25.9 Å². The Labute approximate surface area is 127 Å². The summed E-state index contributed by atoms with van der Waals surface area (Å²) in [6.07, 6.45) is 2.12. The number of hydrogen-bond donors (Lipinski definition) is 2. The predicted molar refractivity (Wildman–Crippen MR) is 84.1 cm³/mol. The first-order chi connectivity index (χ1) is 9.98. The maximum atomic E-state index is 11.9. The van der Waals surface area contributed by atoms with Gasteiger partial charge in [-0.25, -0.2) is 13.4 Å². The highest BCUT2D eigenvalue weighted by atomic mass is 32.2. The monoisotopic (exact) mass is 318 g/mol. The van der Waals surface area contributed by atoms with Crippen LogP contribution in [-0.4, -0.2) is 69.4 Å². The van der Waals surface area contributed by atoms with Crippen LogP contribution in [0, 0.1) is 0 Å². The van der Waals surface area contributed by atoms with Gasteiger partial charge < -0.3 is 15.5 Å². The van der Waals surface area contributed by atoms with Crippen molar-refractivity contribution in [3.63, 3.8) is 0 Å². The van der Waals surface area contributed by atoms with E-state index in [4.69, 9.17) is 0 Å². The third-order valence-electron chi connectivity index (χ3n) is 3.32. The van der Waals surface area contributed by atoms with Gasteiger partial charge in [0.25, 0.3) is 0 Å². The second-order valence-corrected chi connectivity index (χ2v) is 7.42. The van der Waals surface area contributed by atoms with Crippen molar-refractivity contribution in [3.05, 3.63) is 0 Å². The zero-order chi connectivity index (χ0) is 15.7. The Morgan fingerprint density at radius 1 is 1.19 bits per heavy atom. The molecule has 0 bridgehead atoms. The topological polar surface area (TPSA) is 90.9 Å². The first kappa shape index (κ1) is 17.7. The van der Waals surface area contributed by atoms with Crippen LogP contribution in [0.4, 0.5) is 0 Å². The molecule has 1 fully saturated rings. The molecule has 122 valence electrons. The predicted octanol–water partition coefficient (Wildman–Crippen LogP) is -0.401. The van der Waals surface area contributed by atoms with Gasteiger partial charge >= 0.3 is 0 Å². The lowest BCUT2D eigenvalue weighted by atomic mass is 10.4. The number of nitrogens with zero attached hydrogens (tertiary/aromatic N) is 2. The van der Waals surface area contributed by atoms with Crippen LogP contribution in [0.3, 0.4) is 0 Å². The SMILES string of the molecule is CCNC(=NCC(=O)N1CCCC1)NCCS(=O)(=O)CC. The minimum Gasteiger partial charge on any atom is -0.357 e. The standard InChI is InChI=1S/C13H26N4O3S/c1-3-14-13(15-7-10-21(19,20)4-2)16-11-12(18)17-8-5-6-9-17/h3-11H2,1-2H3,(H2,14,15,16). The molecule has 0 spiro atoms. The minimum absolute atomic E-state index is 0.0193. The first-order valence-electron chi connectivity index (χ1n) is 7.49. The van der Waals surface area contributed by atoms with Crippen molar-refractivity contribution in [1.29, 1.82) is 0 Å². The van der Waals surface area contributed by atoms with Gasteiger partial charge in [0.15, 0.2) is 15.8 Å². The highest BCUT2D eigenvalue weighted by Gasteiger charge is 2.17. The first-order valence-corrected chi connectivity index (χ1v) is 9.31. The van der Waals surface area contributed by atoms with Crippen molar-refractivity contribution in [2.45, 2.75) is 26.7 Å². The molecule has 21 heavy (non-hydrogen) atoms. The molecule has 0 unspecified atom stereocenters. The number of amides is 1. The fourth-order valence-electron chi connectivity index (χ4n) is 2.02. The lowest BCUT2D eigenvalue weighted by Crippen LogP contribution is -2.40. The lowest BCUT2D eigenvalue weighted by Gasteiger charge is -2.15. The Hall–Kier alpha value is -1.31. The maximum Gasteiger partial charge on any atom is 0.244 e. The van der Waals surface area contributed by atoms with E-state index in [1.54, 1.807) is 6.92 Å². The molecule has 0 aromatic heterocycles. The highest BCUT2D eigenvalue weighted by molar-refractivity contribution is 7.91. The number of carbonyl (C=O) groups excluding carboxylic acids is 1. The molecule has 1 aliphatic heterocycles. The van der Waals surface area contributed by atoms with Crippen molar-refractivity contribution in [2.75, 3.05) is 44.2 Å². The average molecular weight is 318 g/mol. The quantitative estimate of drug-likeness (QED) is 0.492. The molecule has 0 aromatic carbocycles. The fourth-order valence-corrected chi connectivity index (χ4v) is 2.73. The molecule has 7 nitrogen and oxygen atoms in total. The van der Waals surface area contributed by atoms with Gasteiger partial charge in [0.1, 0.15) is 6.54 Å². The average Bonchev–Trinajstić information content (AvgIpc) is 2.98. The van der Waals surface area contributed by atoms with Gasteiger partial charge in [-0.2, -0.15) is 0 Å². The number of hydrogen-bond acceptors (Lipinski definition) is 4. The van der Waals surface area contributed by atoms with Crippen molar-refractivity contribution in [2.24, 2.45) is 4.99 Å². The van der Waals surface area contributed by atoms with E-state index in [1.807, 2.05) is 11.8 Å². The van der Waals surface area contributed by atoms with E-state index >= 15 is 0 Å². The van der Waals surface area contributed by atoms with E-state index in [2.05, 4.69) is 15.6 Å². The van der Waals surface area contributed by atoms with Gasteiger partial charge in [0, 0.05) is 31.9 Å². The molecule has 1 aliphatic rings. The smallest absolute Gasteiger partial charge is 0.244 e. The van der Waals surface area contributed by atoms with Gasteiger partial charge in [0.05, 0.1) is 5.75 Å². The summed E-state index contributed by atoms with van der Waals surface area (Å²) in [5, 5.41) is 5.95. The van der Waals surface area contributed by atoms with Gasteiger partial charge in [0.2, 0.25) is 5.91 Å². The zero-order valence-corrected chi connectivity index (χ0v) is 13.7. The minimum atomic E-state index is -2.99. The van der Waals surface area contributed by atoms with Crippen LogP contribution >= 0.6 is 0 Å². The molecule has 0 saturated carbocycles. The van der Waals surface area contributed by atoms with E-state index in [1.165, 1.54) is 0 Å². The van der Waals surface area contributed by atoms with E-state index < -0.39 is 9.84 Å². The Kier molecular flexibility index (Phi) is 7.49. The molecule has 0 aliphatic carbocycles. The van der Waals surface area contributed by atoms with Crippen molar-refractivity contribution < 1.29 is 13.2 Å². The maximum absolute atomic E-state index is 11.9. The van der Waals surface area contributed by atoms with Crippen LogP contribution < -0.4 is 10.6 Å². The number of likely N-dealkylation sites (tertiary alicyclic amines) is 1. The number of sulfone groups is 1. The number of guanidine groups is 1. The van der Waals surface area contributed by atoms with Crippen LogP contribution in [0.15, 0.2) is 4.99 Å². The second-order valence-electron chi connectivity index (χ2n) is 4.95. The van der Waals surface area contributed by atoms with E-state index in [9.17, 15) is 13.2 Å². The van der Waals surface area contributed by atoms with Crippen molar-refractivity contribution in [1.82, 2.24) is 15.5 Å². The fraction of sp³-hybridized carbons (Fsp3) is 0.846. The molecule has 0 atom stereocenters. The number of carbonyl (C=O) groups is 1. The van der Waals surface area contributed by atoms with Gasteiger partial charge in [-0.1, -0.05) is 6.92 Å². The molecule has 0 radical (unpaired) electrons. The summed E-state index contributed by atoms with van der Waals surface area (Å²) in [6, 6.07) is 0. The third-order valence-corrected chi connectivity index (χ3v) is 5.03. The van der Waals surface area contributed by atoms with Gasteiger partial charge in [-0.15, -0.1) is 0 Å². The Morgan fingerprint density at radius 3 is 2.43 bits per heavy atom. The highest BCUT2D eigenvalue weighted by Crippen LogP contribution is 2.07. The Bertz CT molecular complexity index is 456. The Balaban J connectivity index is 2.43. The molecule has 1 amide bonds. The van der Waals surface area contributed by atoms with E-state index in [-0.39, 0.29) is 24.0 Å². The molecule has 2 N–H and O–H groups in total. The van der Waals surface area contributed by atoms with Gasteiger partial charge in [-0.3, -0.25) is 4.79 Å². The van der Waals surface area contributed by atoms with Crippen LogP contribution in [0.2, 0.25) is 0 Å². The number of aliphatic imine (C=N–C) groups is 1. The summed E-state index contributed by atoms with van der Waals surface area (Å²) in [7, 11) is -2.99. The summed E-state index contributed by atoms with van der Waals surface area (Å²) < 4.78 is 22.8. The number of rotatable bonds is 7. The molecule has 1 heterocycles. The van der Waals surface area contributed by atoms with Crippen LogP contribution in [0.5, 0.6) is 0 Å². The molecular weight excluding hydrogens is 292 g/mol. The zero-order valence-electron chi connectivity index (χ0n) is 12.9.